The van der Waals surface area contributed by atoms with Crippen molar-refractivity contribution in [1.29, 1.82) is 0 Å². The second-order valence-electron chi connectivity index (χ2n) is 6.45. The van der Waals surface area contributed by atoms with Gasteiger partial charge in [0.05, 0.1) is 5.01 Å². The topological polar surface area (TPSA) is 54.9 Å². The number of nitrogens with zero attached hydrogens (tertiary/aromatic N) is 2. The van der Waals surface area contributed by atoms with Crippen LogP contribution in [0.1, 0.15) is 45.2 Å². The number of thiazole rings is 2. The summed E-state index contributed by atoms with van der Waals surface area (Å²) >= 11 is 3.22. The van der Waals surface area contributed by atoms with E-state index in [9.17, 15) is 4.79 Å². The number of carbonyl (C=O) groups excluding carboxylic acids is 1. The zero-order valence-electron chi connectivity index (χ0n) is 15.3. The Kier molecular flexibility index (Phi) is 6.16. The normalized spacial score (nSPS) is 10.9. The van der Waals surface area contributed by atoms with Gasteiger partial charge in [0.1, 0.15) is 10.7 Å². The summed E-state index contributed by atoms with van der Waals surface area (Å²) in [6, 6.07) is 6.29. The van der Waals surface area contributed by atoms with Gasteiger partial charge in [-0.2, -0.15) is 0 Å². The second-order valence-corrected chi connectivity index (χ2v) is 8.25. The number of carbonyl (C=O) groups is 1. The molecule has 26 heavy (non-hydrogen) atoms. The highest BCUT2D eigenvalue weighted by molar-refractivity contribution is 7.13. The van der Waals surface area contributed by atoms with Gasteiger partial charge in [-0.25, -0.2) is 9.97 Å². The number of rotatable bonds is 7. The molecule has 0 aliphatic heterocycles. The lowest BCUT2D eigenvalue weighted by molar-refractivity contribution is 0.0949. The van der Waals surface area contributed by atoms with E-state index in [1.54, 1.807) is 11.3 Å². The molecule has 1 N–H and O–H groups in total. The van der Waals surface area contributed by atoms with Crippen molar-refractivity contribution in [2.45, 2.75) is 40.0 Å². The Labute approximate surface area is 162 Å². The van der Waals surface area contributed by atoms with Gasteiger partial charge in [0, 0.05) is 28.6 Å². The van der Waals surface area contributed by atoms with Crippen LogP contribution in [0.2, 0.25) is 0 Å². The number of hydrogen-bond acceptors (Lipinski definition) is 5. The van der Waals surface area contributed by atoms with Gasteiger partial charge in [0.25, 0.3) is 5.91 Å². The van der Waals surface area contributed by atoms with Crippen molar-refractivity contribution >= 4 is 28.6 Å². The minimum Gasteiger partial charge on any atom is -0.351 e. The Morgan fingerprint density at radius 2 is 1.92 bits per heavy atom. The number of amides is 1. The van der Waals surface area contributed by atoms with Gasteiger partial charge in [-0.1, -0.05) is 23.8 Å². The summed E-state index contributed by atoms with van der Waals surface area (Å²) in [4.78, 5) is 21.3. The summed E-state index contributed by atoms with van der Waals surface area (Å²) in [5.74, 6) is -0.0950. The van der Waals surface area contributed by atoms with Crippen molar-refractivity contribution < 1.29 is 4.79 Å². The minimum atomic E-state index is -0.0950. The molecule has 1 amide bonds. The van der Waals surface area contributed by atoms with Crippen LogP contribution in [-0.2, 0) is 6.42 Å². The van der Waals surface area contributed by atoms with Gasteiger partial charge in [0.15, 0.2) is 0 Å². The highest BCUT2D eigenvalue weighted by Gasteiger charge is 2.12. The lowest BCUT2D eigenvalue weighted by Crippen LogP contribution is -2.24. The molecule has 2 heterocycles. The molecule has 0 spiro atoms. The molecule has 3 aromatic rings. The van der Waals surface area contributed by atoms with Crippen LogP contribution in [0.3, 0.4) is 0 Å². The van der Waals surface area contributed by atoms with Crippen molar-refractivity contribution in [3.8, 4) is 10.6 Å². The Hall–Kier alpha value is -2.05. The van der Waals surface area contributed by atoms with E-state index in [0.29, 0.717) is 12.2 Å². The number of nitrogens with one attached hydrogen (secondary N) is 1. The van der Waals surface area contributed by atoms with Crippen LogP contribution in [0, 0.1) is 20.8 Å². The molecule has 136 valence electrons. The highest BCUT2D eigenvalue weighted by Crippen LogP contribution is 2.27. The first-order chi connectivity index (χ1) is 12.5. The zero-order chi connectivity index (χ0) is 18.5. The van der Waals surface area contributed by atoms with Gasteiger partial charge in [-0.3, -0.25) is 4.79 Å². The molecule has 0 atom stereocenters. The maximum atomic E-state index is 12.3. The Balaban J connectivity index is 1.48. The lowest BCUT2D eigenvalue weighted by atomic mass is 10.1. The van der Waals surface area contributed by atoms with E-state index in [1.165, 1.54) is 27.5 Å². The molecule has 1 aromatic carbocycles. The maximum absolute atomic E-state index is 12.3. The third-order valence-electron chi connectivity index (χ3n) is 4.12. The van der Waals surface area contributed by atoms with Crippen LogP contribution in [-0.4, -0.2) is 22.4 Å². The standard InChI is InChI=1S/C20H23N3OS2/c1-13-7-8-16(14(2)10-13)20-23-17(12-26-20)19(24)21-9-5-4-6-18-22-15(3)11-25-18/h7-8,10-12H,4-6,9H2,1-3H3,(H,21,24). The molecule has 0 fully saturated rings. The molecule has 0 saturated carbocycles. The Morgan fingerprint density at radius 1 is 1.08 bits per heavy atom. The Morgan fingerprint density at radius 3 is 2.65 bits per heavy atom. The fourth-order valence-corrected chi connectivity index (χ4v) is 4.47. The van der Waals surface area contributed by atoms with Crippen molar-refractivity contribution in [3.05, 3.63) is 56.5 Å². The molecule has 0 aliphatic rings. The summed E-state index contributed by atoms with van der Waals surface area (Å²) in [5, 5.41) is 8.95. The molecule has 0 unspecified atom stereocenters. The molecule has 2 aromatic heterocycles. The van der Waals surface area contributed by atoms with E-state index < -0.39 is 0 Å². The molecule has 6 heteroatoms. The summed E-state index contributed by atoms with van der Waals surface area (Å²) in [5.41, 5.74) is 5.10. The number of aryl methyl sites for hydroxylation is 4. The molecule has 0 bridgehead atoms. The van der Waals surface area contributed by atoms with Crippen LogP contribution in [0.15, 0.2) is 29.0 Å². The number of aromatic nitrogens is 2. The van der Waals surface area contributed by atoms with Crippen LogP contribution in [0.5, 0.6) is 0 Å². The lowest BCUT2D eigenvalue weighted by Gasteiger charge is -2.04. The monoisotopic (exact) mass is 385 g/mol. The van der Waals surface area contributed by atoms with Crippen molar-refractivity contribution in [2.24, 2.45) is 0 Å². The molecule has 0 aliphatic carbocycles. The average Bonchev–Trinajstić information content (AvgIpc) is 3.24. The smallest absolute Gasteiger partial charge is 0.270 e. The van der Waals surface area contributed by atoms with Gasteiger partial charge < -0.3 is 5.32 Å². The molecular weight excluding hydrogens is 362 g/mol. The SMILES string of the molecule is Cc1ccc(-c2nc(C(=O)NCCCCc3nc(C)cs3)cs2)c(C)c1. The zero-order valence-corrected chi connectivity index (χ0v) is 17.0. The second kappa shape index (κ2) is 8.56. The summed E-state index contributed by atoms with van der Waals surface area (Å²) in [7, 11) is 0. The van der Waals surface area contributed by atoms with Gasteiger partial charge in [-0.05, 0) is 45.6 Å². The largest absolute Gasteiger partial charge is 0.351 e. The van der Waals surface area contributed by atoms with E-state index >= 15 is 0 Å². The minimum absolute atomic E-state index is 0.0950. The summed E-state index contributed by atoms with van der Waals surface area (Å²) in [6.07, 6.45) is 2.94. The Bertz CT molecular complexity index is 898. The number of hydrogen-bond donors (Lipinski definition) is 1. The maximum Gasteiger partial charge on any atom is 0.270 e. The molecule has 0 saturated heterocycles. The fourth-order valence-electron chi connectivity index (χ4n) is 2.77. The van der Waals surface area contributed by atoms with E-state index in [1.807, 2.05) is 12.3 Å². The van der Waals surface area contributed by atoms with Gasteiger partial charge >= 0.3 is 0 Å². The molecule has 4 nitrogen and oxygen atoms in total. The predicted molar refractivity (Wildman–Crippen MR) is 109 cm³/mol. The van der Waals surface area contributed by atoms with E-state index in [0.717, 1.165) is 35.5 Å². The first kappa shape index (κ1) is 18.7. The molecule has 0 radical (unpaired) electrons. The first-order valence-corrected chi connectivity index (χ1v) is 10.5. The van der Waals surface area contributed by atoms with E-state index in [2.05, 4.69) is 52.7 Å². The first-order valence-electron chi connectivity index (χ1n) is 8.75. The van der Waals surface area contributed by atoms with Crippen molar-refractivity contribution in [3.63, 3.8) is 0 Å². The fraction of sp³-hybridized carbons (Fsp3) is 0.350. The van der Waals surface area contributed by atoms with Crippen LogP contribution < -0.4 is 5.32 Å². The highest BCUT2D eigenvalue weighted by atomic mass is 32.1. The summed E-state index contributed by atoms with van der Waals surface area (Å²) in [6.45, 7) is 6.83. The third-order valence-corrected chi connectivity index (χ3v) is 6.02. The number of unbranched alkanes of at least 4 members (excludes halogenated alkanes) is 1. The van der Waals surface area contributed by atoms with Crippen molar-refractivity contribution in [2.75, 3.05) is 6.54 Å². The van der Waals surface area contributed by atoms with E-state index in [-0.39, 0.29) is 5.91 Å². The average molecular weight is 386 g/mol. The van der Waals surface area contributed by atoms with Gasteiger partial charge in [-0.15, -0.1) is 22.7 Å². The third kappa shape index (κ3) is 4.77. The van der Waals surface area contributed by atoms with E-state index in [4.69, 9.17) is 0 Å². The molecule has 3 rings (SSSR count). The van der Waals surface area contributed by atoms with Crippen LogP contribution in [0.4, 0.5) is 0 Å². The van der Waals surface area contributed by atoms with Gasteiger partial charge in [0.2, 0.25) is 0 Å². The molecular formula is C20H23N3OS2. The van der Waals surface area contributed by atoms with Crippen LogP contribution in [0.25, 0.3) is 10.6 Å². The summed E-state index contributed by atoms with van der Waals surface area (Å²) < 4.78 is 0. The van der Waals surface area contributed by atoms with Crippen LogP contribution >= 0.6 is 22.7 Å². The number of benzene rings is 1. The predicted octanol–water partition coefficient (Wildman–Crippen LogP) is 4.94. The quantitative estimate of drug-likeness (QED) is 0.586. The van der Waals surface area contributed by atoms with Crippen molar-refractivity contribution in [1.82, 2.24) is 15.3 Å².